The maximum absolute atomic E-state index is 5.40. The molecule has 2 heterocycles. The molecular weight excluding hydrogens is 348 g/mol. The van der Waals surface area contributed by atoms with Crippen molar-refractivity contribution in [3.8, 4) is 17.0 Å². The van der Waals surface area contributed by atoms with Gasteiger partial charge in [0, 0.05) is 49.5 Å². The number of piperazine rings is 1. The fraction of sp³-hybridized carbons (Fsp3) is 0.550. The minimum atomic E-state index is -0.0391. The Morgan fingerprint density at radius 2 is 2.08 bits per heavy atom. The van der Waals surface area contributed by atoms with Crippen LogP contribution in [-0.4, -0.2) is 47.5 Å². The van der Waals surface area contributed by atoms with Crippen LogP contribution >= 0.6 is 12.4 Å². The van der Waals surface area contributed by atoms with Crippen LogP contribution in [0.5, 0.6) is 5.75 Å². The molecule has 0 aliphatic carbocycles. The molecule has 2 aromatic rings. The maximum Gasteiger partial charge on any atom is 0.119 e. The molecule has 0 amide bonds. The van der Waals surface area contributed by atoms with Crippen molar-refractivity contribution in [1.82, 2.24) is 20.0 Å². The molecule has 1 atom stereocenters. The van der Waals surface area contributed by atoms with Gasteiger partial charge in [-0.2, -0.15) is 5.10 Å². The van der Waals surface area contributed by atoms with Crippen LogP contribution in [0, 0.1) is 0 Å². The molecule has 0 unspecified atom stereocenters. The van der Waals surface area contributed by atoms with E-state index in [2.05, 4.69) is 60.9 Å². The minimum absolute atomic E-state index is 0. The smallest absolute Gasteiger partial charge is 0.119 e. The van der Waals surface area contributed by atoms with Crippen LogP contribution in [-0.2, 0) is 12.1 Å². The predicted molar refractivity (Wildman–Crippen MR) is 109 cm³/mol. The summed E-state index contributed by atoms with van der Waals surface area (Å²) >= 11 is 0. The number of aromatic nitrogens is 2. The van der Waals surface area contributed by atoms with Gasteiger partial charge in [0.15, 0.2) is 0 Å². The first-order chi connectivity index (χ1) is 11.9. The average molecular weight is 379 g/mol. The van der Waals surface area contributed by atoms with Crippen LogP contribution in [0.1, 0.15) is 33.3 Å². The van der Waals surface area contributed by atoms with E-state index in [0.29, 0.717) is 6.04 Å². The normalized spacial score (nSPS) is 18.4. The SMILES string of the molecule is COc1cccc(-c2nn(C(C)(C)C)cc2CN2CCN[C@H](C)C2)c1.Cl. The number of hydrogen-bond acceptors (Lipinski definition) is 4. The average Bonchev–Trinajstić information content (AvgIpc) is 2.99. The number of nitrogens with zero attached hydrogens (tertiary/aromatic N) is 3. The number of halogens is 1. The van der Waals surface area contributed by atoms with Crippen molar-refractivity contribution in [3.05, 3.63) is 36.0 Å². The highest BCUT2D eigenvalue weighted by molar-refractivity contribution is 5.85. The third-order valence-electron chi connectivity index (χ3n) is 4.67. The van der Waals surface area contributed by atoms with Crippen molar-refractivity contribution in [2.24, 2.45) is 0 Å². The van der Waals surface area contributed by atoms with Crippen molar-refractivity contribution >= 4 is 12.4 Å². The molecule has 1 aliphatic rings. The number of nitrogens with one attached hydrogen (secondary N) is 1. The highest BCUT2D eigenvalue weighted by Gasteiger charge is 2.22. The molecule has 3 rings (SSSR count). The molecule has 0 saturated carbocycles. The van der Waals surface area contributed by atoms with Crippen LogP contribution < -0.4 is 10.1 Å². The summed E-state index contributed by atoms with van der Waals surface area (Å²) in [5.41, 5.74) is 3.40. The quantitative estimate of drug-likeness (QED) is 0.883. The molecule has 144 valence electrons. The zero-order valence-corrected chi connectivity index (χ0v) is 17.3. The van der Waals surface area contributed by atoms with Crippen LogP contribution in [0.25, 0.3) is 11.3 Å². The van der Waals surface area contributed by atoms with Gasteiger partial charge in [-0.25, -0.2) is 0 Å². The van der Waals surface area contributed by atoms with Gasteiger partial charge < -0.3 is 10.1 Å². The summed E-state index contributed by atoms with van der Waals surface area (Å²) in [6.45, 7) is 12.9. The molecule has 1 aromatic carbocycles. The predicted octanol–water partition coefficient (Wildman–Crippen LogP) is 3.53. The third-order valence-corrected chi connectivity index (χ3v) is 4.67. The summed E-state index contributed by atoms with van der Waals surface area (Å²) in [5.74, 6) is 0.865. The van der Waals surface area contributed by atoms with Crippen LogP contribution in [0.2, 0.25) is 0 Å². The summed E-state index contributed by atoms with van der Waals surface area (Å²) in [6, 6.07) is 8.72. The molecule has 1 saturated heterocycles. The summed E-state index contributed by atoms with van der Waals surface area (Å²) in [4.78, 5) is 2.51. The molecule has 26 heavy (non-hydrogen) atoms. The van der Waals surface area contributed by atoms with Gasteiger partial charge in [0.25, 0.3) is 0 Å². The third kappa shape index (κ3) is 4.78. The van der Waals surface area contributed by atoms with Crippen LogP contribution in [0.4, 0.5) is 0 Å². The number of benzene rings is 1. The second-order valence-corrected chi connectivity index (χ2v) is 7.94. The van der Waals surface area contributed by atoms with Gasteiger partial charge in [0.05, 0.1) is 18.3 Å². The standard InChI is InChI=1S/C20H30N4O.ClH/c1-15-12-23(10-9-21-15)13-17-14-24(20(2,3)4)22-19(17)16-7-6-8-18(11-16)25-5;/h6-8,11,14-15,21H,9-10,12-13H2,1-5H3;1H/t15-;/m1./s1. The first-order valence-electron chi connectivity index (χ1n) is 9.06. The Morgan fingerprint density at radius 3 is 2.73 bits per heavy atom. The zero-order chi connectivity index (χ0) is 18.0. The zero-order valence-electron chi connectivity index (χ0n) is 16.5. The molecule has 0 radical (unpaired) electrons. The number of methoxy groups -OCH3 is 1. The van der Waals surface area contributed by atoms with Crippen LogP contribution in [0.15, 0.2) is 30.5 Å². The first-order valence-corrected chi connectivity index (χ1v) is 9.06. The maximum atomic E-state index is 5.40. The lowest BCUT2D eigenvalue weighted by Crippen LogP contribution is -2.48. The minimum Gasteiger partial charge on any atom is -0.497 e. The van der Waals surface area contributed by atoms with E-state index >= 15 is 0 Å². The lowest BCUT2D eigenvalue weighted by molar-refractivity contribution is 0.199. The van der Waals surface area contributed by atoms with Crippen molar-refractivity contribution in [2.75, 3.05) is 26.7 Å². The van der Waals surface area contributed by atoms with Gasteiger partial charge in [-0.3, -0.25) is 9.58 Å². The lowest BCUT2D eigenvalue weighted by Gasteiger charge is -2.31. The van der Waals surface area contributed by atoms with Gasteiger partial charge in [0.2, 0.25) is 0 Å². The Hall–Kier alpha value is -1.56. The van der Waals surface area contributed by atoms with Gasteiger partial charge in [0.1, 0.15) is 5.75 Å². The van der Waals surface area contributed by atoms with Crippen LogP contribution in [0.3, 0.4) is 0 Å². The molecule has 1 fully saturated rings. The van der Waals surface area contributed by atoms with Gasteiger partial charge >= 0.3 is 0 Å². The number of ether oxygens (including phenoxy) is 1. The highest BCUT2D eigenvalue weighted by atomic mass is 35.5. The van der Waals surface area contributed by atoms with E-state index in [1.165, 1.54) is 5.56 Å². The van der Waals surface area contributed by atoms with Crippen molar-refractivity contribution in [1.29, 1.82) is 0 Å². The van der Waals surface area contributed by atoms with Crippen molar-refractivity contribution in [3.63, 3.8) is 0 Å². The molecule has 0 spiro atoms. The van der Waals surface area contributed by atoms with Gasteiger partial charge in [-0.15, -0.1) is 12.4 Å². The molecule has 0 bridgehead atoms. The molecule has 1 aliphatic heterocycles. The molecular formula is C20H31ClN4O. The van der Waals surface area contributed by atoms with E-state index in [-0.39, 0.29) is 17.9 Å². The van der Waals surface area contributed by atoms with E-state index < -0.39 is 0 Å². The Morgan fingerprint density at radius 1 is 1.31 bits per heavy atom. The van der Waals surface area contributed by atoms with Gasteiger partial charge in [-0.1, -0.05) is 12.1 Å². The lowest BCUT2D eigenvalue weighted by atomic mass is 10.1. The topological polar surface area (TPSA) is 42.3 Å². The van der Waals surface area contributed by atoms with Crippen molar-refractivity contribution in [2.45, 2.75) is 45.8 Å². The Balaban J connectivity index is 0.00000243. The molecule has 6 heteroatoms. The second kappa shape index (κ2) is 8.42. The number of hydrogen-bond donors (Lipinski definition) is 1. The van der Waals surface area contributed by atoms with E-state index in [0.717, 1.165) is 43.2 Å². The molecule has 1 N–H and O–H groups in total. The highest BCUT2D eigenvalue weighted by Crippen LogP contribution is 2.29. The Labute approximate surface area is 163 Å². The summed E-state index contributed by atoms with van der Waals surface area (Å²) < 4.78 is 7.49. The Bertz CT molecular complexity index is 723. The largest absolute Gasteiger partial charge is 0.497 e. The Kier molecular flexibility index (Phi) is 6.72. The van der Waals surface area contributed by atoms with E-state index in [1.807, 2.05) is 12.1 Å². The summed E-state index contributed by atoms with van der Waals surface area (Å²) in [6.07, 6.45) is 2.21. The van der Waals surface area contributed by atoms with Gasteiger partial charge in [-0.05, 0) is 39.8 Å². The summed E-state index contributed by atoms with van der Waals surface area (Å²) in [7, 11) is 1.70. The molecule has 5 nitrogen and oxygen atoms in total. The summed E-state index contributed by atoms with van der Waals surface area (Å²) in [5, 5.41) is 8.44. The van der Waals surface area contributed by atoms with Crippen molar-refractivity contribution < 1.29 is 4.74 Å². The van der Waals surface area contributed by atoms with E-state index in [4.69, 9.17) is 9.84 Å². The molecule has 1 aromatic heterocycles. The second-order valence-electron chi connectivity index (χ2n) is 7.94. The first kappa shape index (κ1) is 20.7. The number of rotatable bonds is 4. The van der Waals surface area contributed by atoms with E-state index in [9.17, 15) is 0 Å². The van der Waals surface area contributed by atoms with E-state index in [1.54, 1.807) is 7.11 Å². The fourth-order valence-corrected chi connectivity index (χ4v) is 3.28. The monoisotopic (exact) mass is 378 g/mol. The fourth-order valence-electron chi connectivity index (χ4n) is 3.28.